The van der Waals surface area contributed by atoms with E-state index in [0.29, 0.717) is 25.9 Å². The summed E-state index contributed by atoms with van der Waals surface area (Å²) in [6, 6.07) is 8.54. The minimum Gasteiger partial charge on any atom is -0.394 e. The standard InChI is InChI=1S/C26H30F3N9O3/c1-17-19(26(27,28)29)9-10-30-20(17)13-31-24(40)21-14-37(35-33-21)11-5-6-12-38-15-22(34-36-38)25(41)32-23(16-39)18-7-3-2-4-8-18/h2-4,7-10,14-15,17,19,23,39H,5-6,11-13,16H2,1H3,(H,31,40)(H,32,41)/t17?,19?,23-/m0/s1. The third kappa shape index (κ3) is 7.84. The number of amides is 2. The van der Waals surface area contributed by atoms with E-state index < -0.39 is 35.9 Å². The number of aliphatic hydroxyl groups excluding tert-OH is 1. The Bertz CT molecular complexity index is 1390. The number of rotatable bonds is 12. The van der Waals surface area contributed by atoms with E-state index in [2.05, 4.69) is 36.3 Å². The van der Waals surface area contributed by atoms with Gasteiger partial charge in [0.15, 0.2) is 11.4 Å². The number of hydrogen-bond acceptors (Lipinski definition) is 8. The second kappa shape index (κ2) is 13.3. The fourth-order valence-electron chi connectivity index (χ4n) is 4.31. The van der Waals surface area contributed by atoms with Gasteiger partial charge < -0.3 is 15.7 Å². The van der Waals surface area contributed by atoms with Crippen LogP contribution < -0.4 is 10.6 Å². The fraction of sp³-hybridized carbons (Fsp3) is 0.423. The summed E-state index contributed by atoms with van der Waals surface area (Å²) in [6.07, 6.45) is 2.05. The van der Waals surface area contributed by atoms with Crippen LogP contribution in [-0.4, -0.2) is 71.9 Å². The van der Waals surface area contributed by atoms with Crippen molar-refractivity contribution in [3.8, 4) is 0 Å². The number of halogens is 3. The summed E-state index contributed by atoms with van der Waals surface area (Å²) >= 11 is 0. The minimum atomic E-state index is -4.39. The Kier molecular flexibility index (Phi) is 9.60. The summed E-state index contributed by atoms with van der Waals surface area (Å²) < 4.78 is 42.5. The Morgan fingerprint density at radius 3 is 2.20 bits per heavy atom. The van der Waals surface area contributed by atoms with Crippen LogP contribution in [-0.2, 0) is 13.1 Å². The molecule has 3 atom stereocenters. The molecule has 0 saturated heterocycles. The van der Waals surface area contributed by atoms with Gasteiger partial charge in [0.1, 0.15) is 0 Å². The van der Waals surface area contributed by atoms with Crippen LogP contribution in [0.3, 0.4) is 0 Å². The van der Waals surface area contributed by atoms with Crippen LogP contribution in [0, 0.1) is 11.8 Å². The van der Waals surface area contributed by atoms with Crippen LogP contribution in [0.25, 0.3) is 0 Å². The molecule has 3 N–H and O–H groups in total. The highest BCUT2D eigenvalue weighted by Crippen LogP contribution is 2.35. The summed E-state index contributed by atoms with van der Waals surface area (Å²) in [5.74, 6) is -3.55. The highest BCUT2D eigenvalue weighted by Gasteiger charge is 2.43. The molecule has 0 fully saturated rings. The van der Waals surface area contributed by atoms with Gasteiger partial charge in [0.25, 0.3) is 11.8 Å². The van der Waals surface area contributed by atoms with Gasteiger partial charge in [0.2, 0.25) is 0 Å². The molecule has 0 spiro atoms. The molecule has 1 aromatic carbocycles. The maximum absolute atomic E-state index is 13.1. The smallest absolute Gasteiger partial charge is 0.394 e. The summed E-state index contributed by atoms with van der Waals surface area (Å²) in [6.45, 7) is 1.98. The first kappa shape index (κ1) is 29.6. The average molecular weight is 574 g/mol. The normalized spacial score (nSPS) is 17.6. The van der Waals surface area contributed by atoms with Gasteiger partial charge in [0, 0.05) is 30.9 Å². The monoisotopic (exact) mass is 573 g/mol. The fourth-order valence-corrected chi connectivity index (χ4v) is 4.31. The van der Waals surface area contributed by atoms with Crippen molar-refractivity contribution in [1.82, 2.24) is 40.6 Å². The van der Waals surface area contributed by atoms with Crippen molar-refractivity contribution in [2.45, 2.75) is 45.1 Å². The van der Waals surface area contributed by atoms with E-state index in [9.17, 15) is 27.9 Å². The van der Waals surface area contributed by atoms with Crippen LogP contribution in [0.1, 0.15) is 52.3 Å². The number of allylic oxidation sites excluding steroid dienone is 1. The van der Waals surface area contributed by atoms with Crippen molar-refractivity contribution in [2.24, 2.45) is 16.8 Å². The van der Waals surface area contributed by atoms with Gasteiger partial charge in [-0.25, -0.2) is 0 Å². The van der Waals surface area contributed by atoms with Crippen molar-refractivity contribution in [3.05, 3.63) is 72.0 Å². The molecule has 4 rings (SSSR count). The lowest BCUT2D eigenvalue weighted by Gasteiger charge is -2.27. The predicted molar refractivity (Wildman–Crippen MR) is 141 cm³/mol. The number of unbranched alkanes of at least 4 members (excludes halogenated alkanes) is 1. The van der Waals surface area contributed by atoms with Crippen LogP contribution in [0.15, 0.2) is 60.0 Å². The molecule has 0 radical (unpaired) electrons. The molecule has 1 aliphatic rings. The highest BCUT2D eigenvalue weighted by atomic mass is 19.4. The first-order valence-electron chi connectivity index (χ1n) is 13.0. The number of carbonyl (C=O) groups excluding carboxylic acids is 2. The van der Waals surface area contributed by atoms with Crippen LogP contribution >= 0.6 is 0 Å². The maximum Gasteiger partial charge on any atom is 0.395 e. The molecule has 2 aromatic heterocycles. The zero-order valence-electron chi connectivity index (χ0n) is 22.2. The summed E-state index contributed by atoms with van der Waals surface area (Å²) in [7, 11) is 0. The number of nitrogens with zero attached hydrogens (tertiary/aromatic N) is 7. The number of alkyl halides is 3. The van der Waals surface area contributed by atoms with Crippen LogP contribution in [0.5, 0.6) is 0 Å². The zero-order valence-corrected chi connectivity index (χ0v) is 22.2. The molecule has 3 heterocycles. The van der Waals surface area contributed by atoms with E-state index >= 15 is 0 Å². The summed E-state index contributed by atoms with van der Waals surface area (Å²) in [5, 5.41) is 30.6. The third-order valence-electron chi connectivity index (χ3n) is 6.66. The lowest BCUT2D eigenvalue weighted by atomic mass is 9.87. The lowest BCUT2D eigenvalue weighted by Crippen LogP contribution is -2.39. The molecule has 0 bridgehead atoms. The number of carbonyl (C=O) groups is 2. The van der Waals surface area contributed by atoms with Crippen molar-refractivity contribution < 1.29 is 27.9 Å². The average Bonchev–Trinajstić information content (AvgIpc) is 3.63. The van der Waals surface area contributed by atoms with E-state index in [1.165, 1.54) is 24.0 Å². The number of aliphatic hydroxyl groups is 1. The third-order valence-corrected chi connectivity index (χ3v) is 6.66. The first-order chi connectivity index (χ1) is 19.7. The zero-order chi connectivity index (χ0) is 29.4. The Balaban J connectivity index is 1.19. The second-order valence-electron chi connectivity index (χ2n) is 9.56. The van der Waals surface area contributed by atoms with E-state index in [4.69, 9.17) is 0 Å². The van der Waals surface area contributed by atoms with Crippen LogP contribution in [0.4, 0.5) is 13.2 Å². The molecule has 0 aliphatic carbocycles. The molecule has 12 nitrogen and oxygen atoms in total. The van der Waals surface area contributed by atoms with Gasteiger partial charge >= 0.3 is 6.18 Å². The van der Waals surface area contributed by atoms with E-state index in [1.54, 1.807) is 4.68 Å². The molecule has 218 valence electrons. The summed E-state index contributed by atoms with van der Waals surface area (Å²) in [4.78, 5) is 29.0. The second-order valence-corrected chi connectivity index (χ2v) is 9.56. The number of nitrogens with one attached hydrogen (secondary N) is 2. The largest absolute Gasteiger partial charge is 0.395 e. The van der Waals surface area contributed by atoms with Gasteiger partial charge in [0.05, 0.1) is 37.5 Å². The lowest BCUT2D eigenvalue weighted by molar-refractivity contribution is -0.167. The Morgan fingerprint density at radius 2 is 1.61 bits per heavy atom. The molecular weight excluding hydrogens is 543 g/mol. The van der Waals surface area contributed by atoms with Crippen molar-refractivity contribution >= 4 is 17.5 Å². The molecule has 41 heavy (non-hydrogen) atoms. The quantitative estimate of drug-likeness (QED) is 0.281. The van der Waals surface area contributed by atoms with Gasteiger partial charge in [-0.3, -0.25) is 23.9 Å². The van der Waals surface area contributed by atoms with Crippen molar-refractivity contribution in [1.29, 1.82) is 0 Å². The molecular formula is C26H30F3N9O3. The Morgan fingerprint density at radius 1 is 1.00 bits per heavy atom. The van der Waals surface area contributed by atoms with Gasteiger partial charge in [-0.15, -0.1) is 10.2 Å². The number of aliphatic imine (C=N–C) groups is 1. The topological polar surface area (TPSA) is 152 Å². The predicted octanol–water partition coefficient (Wildman–Crippen LogP) is 2.33. The molecule has 3 aromatic rings. The highest BCUT2D eigenvalue weighted by molar-refractivity contribution is 5.97. The molecule has 0 saturated carbocycles. The Hall–Kier alpha value is -4.40. The Labute approximate surface area is 233 Å². The van der Waals surface area contributed by atoms with Crippen molar-refractivity contribution in [2.75, 3.05) is 13.2 Å². The van der Waals surface area contributed by atoms with E-state index in [0.717, 1.165) is 17.8 Å². The number of aryl methyl sites for hydroxylation is 2. The van der Waals surface area contributed by atoms with Gasteiger partial charge in [-0.05, 0) is 18.4 Å². The van der Waals surface area contributed by atoms with Crippen LogP contribution in [0.2, 0.25) is 0 Å². The SMILES string of the molecule is CC1C(CNC(=O)c2cn(CCCCn3cc(C(=O)N[C@@H](CO)c4ccccc4)nn3)nn2)=NC=CC1C(F)(F)F. The van der Waals surface area contributed by atoms with E-state index in [1.807, 2.05) is 30.3 Å². The minimum absolute atomic E-state index is 0.0422. The maximum atomic E-state index is 13.1. The molecule has 2 unspecified atom stereocenters. The molecule has 1 aliphatic heterocycles. The van der Waals surface area contributed by atoms with E-state index in [-0.39, 0.29) is 30.3 Å². The first-order valence-corrected chi connectivity index (χ1v) is 13.0. The van der Waals surface area contributed by atoms with Gasteiger partial charge in [-0.2, -0.15) is 13.2 Å². The number of benzene rings is 1. The summed E-state index contributed by atoms with van der Waals surface area (Å²) in [5.41, 5.74) is 1.17. The van der Waals surface area contributed by atoms with Gasteiger partial charge in [-0.1, -0.05) is 53.8 Å². The molecule has 2 amide bonds. The number of aromatic nitrogens is 6. The number of hydrogen-bond donors (Lipinski definition) is 3. The van der Waals surface area contributed by atoms with Crippen molar-refractivity contribution in [3.63, 3.8) is 0 Å². The molecule has 15 heteroatoms.